The Hall–Kier alpha value is -2.92. The first kappa shape index (κ1) is 24.2. The van der Waals surface area contributed by atoms with E-state index in [-0.39, 0.29) is 11.5 Å². The molecule has 3 aromatic rings. The van der Waals surface area contributed by atoms with E-state index >= 15 is 0 Å². The van der Waals surface area contributed by atoms with E-state index in [1.807, 2.05) is 4.90 Å². The van der Waals surface area contributed by atoms with Crippen molar-refractivity contribution in [3.63, 3.8) is 0 Å². The van der Waals surface area contributed by atoms with Crippen LogP contribution < -0.4 is 10.5 Å². The summed E-state index contributed by atoms with van der Waals surface area (Å²) in [6.07, 6.45) is -2.84. The van der Waals surface area contributed by atoms with Crippen molar-refractivity contribution in [2.45, 2.75) is 19.6 Å². The second-order valence-electron chi connectivity index (χ2n) is 8.56. The highest BCUT2D eigenvalue weighted by molar-refractivity contribution is 7.20. The second-order valence-corrected chi connectivity index (χ2v) is 9.55. The smallest absolute Gasteiger partial charge is 0.369 e. The topological polar surface area (TPSA) is 61.7 Å². The van der Waals surface area contributed by atoms with Crippen LogP contribution in [0.5, 0.6) is 0 Å². The first-order valence-electron chi connectivity index (χ1n) is 10.9. The Morgan fingerprint density at radius 1 is 1.15 bits per heavy atom. The fourth-order valence-corrected chi connectivity index (χ4v) is 5.24. The summed E-state index contributed by atoms with van der Waals surface area (Å²) < 4.78 is 40.6. The number of amides is 1. The van der Waals surface area contributed by atoms with Gasteiger partial charge in [0.2, 0.25) is 0 Å². The van der Waals surface area contributed by atoms with Gasteiger partial charge in [-0.25, -0.2) is 4.98 Å². The number of thiophene rings is 1. The largest absolute Gasteiger partial charge is 0.416 e. The number of halogens is 3. The number of carbonyl (C=O) groups is 1. The number of piperazine rings is 1. The molecule has 2 aromatic heterocycles. The molecule has 1 fully saturated rings. The minimum atomic E-state index is -4.36. The summed E-state index contributed by atoms with van der Waals surface area (Å²) in [7, 11) is 3.34. The molecule has 1 aromatic carbocycles. The molecule has 0 saturated carbocycles. The average Bonchev–Trinajstić information content (AvgIpc) is 3.15. The summed E-state index contributed by atoms with van der Waals surface area (Å²) in [5, 5.41) is 0.479. The van der Waals surface area contributed by atoms with Crippen LogP contribution in [0.4, 0.5) is 18.9 Å². The molecular weight excluding hydrogens is 467 g/mol. The Morgan fingerprint density at radius 3 is 2.50 bits per heavy atom. The summed E-state index contributed by atoms with van der Waals surface area (Å²) in [6.45, 7) is 5.41. The van der Waals surface area contributed by atoms with Crippen molar-refractivity contribution >= 4 is 33.1 Å². The number of aryl methyl sites for hydroxylation is 1. The van der Waals surface area contributed by atoms with E-state index in [2.05, 4.69) is 9.88 Å². The fourth-order valence-electron chi connectivity index (χ4n) is 4.08. The molecule has 0 atom stereocenters. The van der Waals surface area contributed by atoms with E-state index < -0.39 is 11.7 Å². The van der Waals surface area contributed by atoms with Gasteiger partial charge in [-0.05, 0) is 30.7 Å². The van der Waals surface area contributed by atoms with Crippen molar-refractivity contribution in [3.8, 4) is 0 Å². The molecule has 0 N–H and O–H groups in total. The molecule has 182 valence electrons. The predicted molar refractivity (Wildman–Crippen MR) is 127 cm³/mol. The number of benzene rings is 1. The van der Waals surface area contributed by atoms with Gasteiger partial charge in [0.25, 0.3) is 11.5 Å². The van der Waals surface area contributed by atoms with Crippen molar-refractivity contribution < 1.29 is 18.0 Å². The number of rotatable bonds is 5. The molecule has 1 amide bonds. The lowest BCUT2D eigenvalue weighted by Gasteiger charge is -2.36. The lowest BCUT2D eigenvalue weighted by atomic mass is 10.1. The van der Waals surface area contributed by atoms with E-state index in [9.17, 15) is 22.8 Å². The molecule has 1 aliphatic rings. The van der Waals surface area contributed by atoms with Gasteiger partial charge in [-0.3, -0.25) is 19.1 Å². The van der Waals surface area contributed by atoms with E-state index in [1.54, 1.807) is 31.7 Å². The molecule has 3 heterocycles. The Balaban J connectivity index is 1.41. The van der Waals surface area contributed by atoms with Crippen LogP contribution in [0.3, 0.4) is 0 Å². The van der Waals surface area contributed by atoms with Crippen LogP contribution in [-0.2, 0) is 12.7 Å². The zero-order valence-electron chi connectivity index (χ0n) is 19.2. The van der Waals surface area contributed by atoms with Crippen molar-refractivity contribution in [3.05, 3.63) is 57.0 Å². The van der Waals surface area contributed by atoms with E-state index in [1.165, 1.54) is 34.7 Å². The highest BCUT2D eigenvalue weighted by atomic mass is 32.1. The third kappa shape index (κ3) is 4.80. The number of fused-ring (bicyclic) bond motifs is 1. The molecule has 0 aliphatic carbocycles. The monoisotopic (exact) mass is 493 g/mol. The first-order chi connectivity index (χ1) is 16.1. The molecule has 7 nitrogen and oxygen atoms in total. The Kier molecular flexibility index (Phi) is 6.68. The maximum atomic E-state index is 13.1. The SMILES string of the molecule is Cc1c(C(=O)N(C)C)sc2ncn(CCN3CCN(c4cccc(C(F)(F)F)c4)CC3)c(=O)c12. The molecule has 34 heavy (non-hydrogen) atoms. The Bertz CT molecular complexity index is 1260. The zero-order chi connectivity index (χ0) is 24.6. The maximum absolute atomic E-state index is 13.1. The van der Waals surface area contributed by atoms with Crippen LogP contribution in [0.25, 0.3) is 10.2 Å². The van der Waals surface area contributed by atoms with Crippen LogP contribution in [0, 0.1) is 6.92 Å². The molecule has 1 aliphatic heterocycles. The van der Waals surface area contributed by atoms with Gasteiger partial charge in [0.1, 0.15) is 4.83 Å². The maximum Gasteiger partial charge on any atom is 0.416 e. The van der Waals surface area contributed by atoms with Crippen LogP contribution in [0.15, 0.2) is 35.4 Å². The lowest BCUT2D eigenvalue weighted by molar-refractivity contribution is -0.137. The summed E-state index contributed by atoms with van der Waals surface area (Å²) in [4.78, 5) is 36.5. The van der Waals surface area contributed by atoms with Crippen LogP contribution in [-0.4, -0.2) is 72.1 Å². The molecular formula is C23H26F3N5O2S. The average molecular weight is 494 g/mol. The van der Waals surface area contributed by atoms with Crippen molar-refractivity contribution in [1.29, 1.82) is 0 Å². The summed E-state index contributed by atoms with van der Waals surface area (Å²) >= 11 is 1.23. The third-order valence-corrected chi connectivity index (χ3v) is 7.27. The van der Waals surface area contributed by atoms with Crippen LogP contribution in [0.1, 0.15) is 20.8 Å². The highest BCUT2D eigenvalue weighted by Crippen LogP contribution is 2.32. The normalized spacial score (nSPS) is 15.2. The highest BCUT2D eigenvalue weighted by Gasteiger charge is 2.31. The number of hydrogen-bond acceptors (Lipinski definition) is 6. The van der Waals surface area contributed by atoms with Crippen molar-refractivity contribution in [1.82, 2.24) is 19.4 Å². The van der Waals surface area contributed by atoms with Gasteiger partial charge in [-0.15, -0.1) is 11.3 Å². The summed E-state index contributed by atoms with van der Waals surface area (Å²) in [6, 6.07) is 5.40. The molecule has 0 unspecified atom stereocenters. The second kappa shape index (κ2) is 9.38. The van der Waals surface area contributed by atoms with Gasteiger partial charge in [-0.2, -0.15) is 13.2 Å². The molecule has 4 rings (SSSR count). The van der Waals surface area contributed by atoms with E-state index in [4.69, 9.17) is 0 Å². The molecule has 1 saturated heterocycles. The molecule has 0 bridgehead atoms. The van der Waals surface area contributed by atoms with E-state index in [0.29, 0.717) is 65.6 Å². The number of carbonyl (C=O) groups excluding carboxylic acids is 1. The quantitative estimate of drug-likeness (QED) is 0.546. The first-order valence-corrected chi connectivity index (χ1v) is 11.7. The molecule has 0 radical (unpaired) electrons. The standard InChI is InChI=1S/C23H26F3N5O2S/c1-15-18-20(34-19(15)22(33)28(2)3)27-14-31(21(18)32)12-9-29-7-10-30(11-8-29)17-6-4-5-16(13-17)23(24,25)26/h4-6,13-14H,7-12H2,1-3H3. The lowest BCUT2D eigenvalue weighted by Crippen LogP contribution is -2.47. The number of alkyl halides is 3. The van der Waals surface area contributed by atoms with Crippen molar-refractivity contribution in [2.24, 2.45) is 0 Å². The fraction of sp³-hybridized carbons (Fsp3) is 0.435. The zero-order valence-corrected chi connectivity index (χ0v) is 20.0. The minimum Gasteiger partial charge on any atom is -0.369 e. The molecule has 11 heteroatoms. The number of anilines is 1. The van der Waals surface area contributed by atoms with Gasteiger partial charge in [0, 0.05) is 59.1 Å². The van der Waals surface area contributed by atoms with Gasteiger partial charge >= 0.3 is 6.18 Å². The number of hydrogen-bond donors (Lipinski definition) is 0. The van der Waals surface area contributed by atoms with Gasteiger partial charge < -0.3 is 9.80 Å². The Labute approximate surface area is 199 Å². The molecule has 0 spiro atoms. The number of aromatic nitrogens is 2. The third-order valence-electron chi connectivity index (χ3n) is 6.09. The van der Waals surface area contributed by atoms with Crippen LogP contribution >= 0.6 is 11.3 Å². The van der Waals surface area contributed by atoms with Gasteiger partial charge in [0.05, 0.1) is 22.2 Å². The van der Waals surface area contributed by atoms with Gasteiger partial charge in [-0.1, -0.05) is 6.07 Å². The summed E-state index contributed by atoms with van der Waals surface area (Å²) in [5.41, 5.74) is 0.407. The Morgan fingerprint density at radius 2 is 1.85 bits per heavy atom. The summed E-state index contributed by atoms with van der Waals surface area (Å²) in [5.74, 6) is -0.148. The van der Waals surface area contributed by atoms with Crippen LogP contribution in [0.2, 0.25) is 0 Å². The van der Waals surface area contributed by atoms with Gasteiger partial charge in [0.15, 0.2) is 0 Å². The predicted octanol–water partition coefficient (Wildman–Crippen LogP) is 3.31. The van der Waals surface area contributed by atoms with Crippen molar-refractivity contribution in [2.75, 3.05) is 51.7 Å². The van der Waals surface area contributed by atoms with E-state index in [0.717, 1.165) is 6.07 Å². The minimum absolute atomic E-state index is 0.148. The number of nitrogens with zero attached hydrogens (tertiary/aromatic N) is 5.